The summed E-state index contributed by atoms with van der Waals surface area (Å²) < 4.78 is 6.64. The molecular weight excluding hydrogens is 669 g/mol. The summed E-state index contributed by atoms with van der Waals surface area (Å²) in [6.45, 7) is 0. The molecule has 10 aromatic rings. The molecular formula is C52H34N2O. The summed E-state index contributed by atoms with van der Waals surface area (Å²) in [6, 6.07) is 69.5. The lowest BCUT2D eigenvalue weighted by Gasteiger charge is -2.28. The lowest BCUT2D eigenvalue weighted by molar-refractivity contribution is 0.669. The topological polar surface area (TPSA) is 28.7 Å². The second-order valence-corrected chi connectivity index (χ2v) is 14.3. The van der Waals surface area contributed by atoms with E-state index in [0.717, 1.165) is 73.5 Å². The van der Waals surface area contributed by atoms with Gasteiger partial charge in [0.15, 0.2) is 0 Å². The fourth-order valence-electron chi connectivity index (χ4n) is 8.41. The molecule has 3 heteroatoms. The van der Waals surface area contributed by atoms with E-state index in [0.29, 0.717) is 0 Å². The Kier molecular flexibility index (Phi) is 7.24. The van der Waals surface area contributed by atoms with Gasteiger partial charge in [-0.15, -0.1) is 0 Å². The number of hydrogen-bond donors (Lipinski definition) is 0. The Morgan fingerprint density at radius 2 is 1.04 bits per heavy atom. The van der Waals surface area contributed by atoms with Crippen LogP contribution in [0.4, 0.5) is 22.7 Å². The van der Waals surface area contributed by atoms with E-state index >= 15 is 0 Å². The van der Waals surface area contributed by atoms with Crippen molar-refractivity contribution in [1.29, 1.82) is 0 Å². The third-order valence-corrected chi connectivity index (χ3v) is 11.1. The minimum atomic E-state index is 0.773. The Morgan fingerprint density at radius 3 is 1.84 bits per heavy atom. The van der Waals surface area contributed by atoms with Gasteiger partial charge in [0, 0.05) is 39.5 Å². The van der Waals surface area contributed by atoms with Gasteiger partial charge in [-0.05, 0) is 105 Å². The highest BCUT2D eigenvalue weighted by atomic mass is 16.3. The van der Waals surface area contributed by atoms with Gasteiger partial charge in [0.1, 0.15) is 11.2 Å². The van der Waals surface area contributed by atoms with Crippen molar-refractivity contribution in [3.63, 3.8) is 0 Å². The van der Waals surface area contributed by atoms with Gasteiger partial charge in [0.25, 0.3) is 0 Å². The fourth-order valence-corrected chi connectivity index (χ4v) is 8.41. The smallest absolute Gasteiger partial charge is 0.136 e. The van der Waals surface area contributed by atoms with E-state index in [1.165, 1.54) is 38.2 Å². The van der Waals surface area contributed by atoms with Gasteiger partial charge < -0.3 is 9.32 Å². The second-order valence-electron chi connectivity index (χ2n) is 14.3. The van der Waals surface area contributed by atoms with Gasteiger partial charge in [-0.1, -0.05) is 133 Å². The summed E-state index contributed by atoms with van der Waals surface area (Å²) in [4.78, 5) is 7.59. The summed E-state index contributed by atoms with van der Waals surface area (Å²) in [6.07, 6.45) is 0.773. The van der Waals surface area contributed by atoms with Crippen LogP contribution in [0, 0.1) is 0 Å². The maximum atomic E-state index is 6.64. The summed E-state index contributed by atoms with van der Waals surface area (Å²) in [5.74, 6) is 0. The molecule has 258 valence electrons. The monoisotopic (exact) mass is 702 g/mol. The van der Waals surface area contributed by atoms with Crippen LogP contribution in [-0.4, -0.2) is 5.71 Å². The van der Waals surface area contributed by atoms with E-state index in [4.69, 9.17) is 9.41 Å². The van der Waals surface area contributed by atoms with Crippen molar-refractivity contribution < 1.29 is 4.42 Å². The second kappa shape index (κ2) is 12.7. The molecule has 0 atom stereocenters. The normalized spacial score (nSPS) is 12.4. The lowest BCUT2D eigenvalue weighted by atomic mass is 9.89. The molecule has 2 heterocycles. The molecule has 0 unspecified atom stereocenters. The van der Waals surface area contributed by atoms with Crippen molar-refractivity contribution in [2.24, 2.45) is 4.99 Å². The predicted molar refractivity (Wildman–Crippen MR) is 231 cm³/mol. The standard InChI is InChI=1S/C52H34N2O/c1-3-13-34(14-4-1)35-23-25-40(26-24-35)54(39-18-5-2-6-19-39)50-28-27-42(41-20-10-11-21-43(41)50)44-32-47-46-29-36-15-7-8-16-37(36)31-51(46)55-52(47)33-45(44)49-30-38-17-9-12-22-48(38)53-49/h1-29,31-33H,30H2. The Morgan fingerprint density at radius 1 is 0.418 bits per heavy atom. The van der Waals surface area contributed by atoms with E-state index in [-0.39, 0.29) is 0 Å². The highest BCUT2D eigenvalue weighted by molar-refractivity contribution is 6.19. The molecule has 0 fully saturated rings. The third-order valence-electron chi connectivity index (χ3n) is 11.1. The third kappa shape index (κ3) is 5.32. The number of nitrogens with zero attached hydrogens (tertiary/aromatic N) is 2. The summed E-state index contributed by atoms with van der Waals surface area (Å²) >= 11 is 0. The van der Waals surface area contributed by atoms with Crippen LogP contribution in [-0.2, 0) is 6.42 Å². The first-order valence-electron chi connectivity index (χ1n) is 18.8. The highest BCUT2D eigenvalue weighted by Crippen LogP contribution is 2.45. The molecule has 1 aromatic heterocycles. The maximum Gasteiger partial charge on any atom is 0.136 e. The zero-order valence-electron chi connectivity index (χ0n) is 30.0. The van der Waals surface area contributed by atoms with E-state index in [2.05, 4.69) is 199 Å². The van der Waals surface area contributed by atoms with E-state index < -0.39 is 0 Å². The zero-order valence-corrected chi connectivity index (χ0v) is 30.0. The molecule has 0 spiro atoms. The molecule has 1 aliphatic rings. The molecule has 0 saturated heterocycles. The van der Waals surface area contributed by atoms with Crippen LogP contribution in [0.5, 0.6) is 0 Å². The van der Waals surface area contributed by atoms with Crippen LogP contribution in [0.15, 0.2) is 204 Å². The molecule has 1 aliphatic heterocycles. The van der Waals surface area contributed by atoms with Gasteiger partial charge in [0.05, 0.1) is 17.1 Å². The van der Waals surface area contributed by atoms with Crippen LogP contribution in [0.2, 0.25) is 0 Å². The first-order chi connectivity index (χ1) is 27.2. The van der Waals surface area contributed by atoms with E-state index in [1.807, 2.05) is 0 Å². The molecule has 0 amide bonds. The number of benzene rings is 9. The highest BCUT2D eigenvalue weighted by Gasteiger charge is 2.24. The largest absolute Gasteiger partial charge is 0.456 e. The Bertz CT molecular complexity index is 3100. The van der Waals surface area contributed by atoms with Gasteiger partial charge in [-0.2, -0.15) is 0 Å². The quantitative estimate of drug-likeness (QED) is 0.173. The molecule has 55 heavy (non-hydrogen) atoms. The summed E-state index contributed by atoms with van der Waals surface area (Å²) in [5.41, 5.74) is 14.2. The average Bonchev–Trinajstić information content (AvgIpc) is 3.84. The Balaban J connectivity index is 1.13. The van der Waals surface area contributed by atoms with Crippen molar-refractivity contribution in [2.75, 3.05) is 4.90 Å². The SMILES string of the molecule is c1ccc(-c2ccc(N(c3ccccc3)c3ccc(-c4cc5c(cc4C4=Nc6ccccc6C4)oc4cc6ccccc6cc45)c4ccccc34)cc2)cc1. The van der Waals surface area contributed by atoms with Gasteiger partial charge in [-0.3, -0.25) is 4.99 Å². The number of furan rings is 1. The minimum absolute atomic E-state index is 0.773. The van der Waals surface area contributed by atoms with Crippen molar-refractivity contribution >= 4 is 71.9 Å². The molecule has 0 saturated carbocycles. The molecule has 9 aromatic carbocycles. The molecule has 0 radical (unpaired) electrons. The lowest BCUT2D eigenvalue weighted by Crippen LogP contribution is -2.10. The number of fused-ring (bicyclic) bond motifs is 6. The van der Waals surface area contributed by atoms with E-state index in [9.17, 15) is 0 Å². The Labute approximate surface area is 319 Å². The van der Waals surface area contributed by atoms with Crippen molar-refractivity contribution in [3.05, 3.63) is 205 Å². The molecule has 3 nitrogen and oxygen atoms in total. The van der Waals surface area contributed by atoms with Crippen molar-refractivity contribution in [1.82, 2.24) is 0 Å². The maximum absolute atomic E-state index is 6.64. The number of aliphatic imine (C=N–C) groups is 1. The summed E-state index contributed by atoms with van der Waals surface area (Å²) in [5, 5.41) is 6.94. The molecule has 0 bridgehead atoms. The van der Waals surface area contributed by atoms with Crippen molar-refractivity contribution in [2.45, 2.75) is 6.42 Å². The predicted octanol–water partition coefficient (Wildman–Crippen LogP) is 14.4. The van der Waals surface area contributed by atoms with E-state index in [1.54, 1.807) is 0 Å². The number of rotatable bonds is 6. The zero-order chi connectivity index (χ0) is 36.3. The summed E-state index contributed by atoms with van der Waals surface area (Å²) in [7, 11) is 0. The Hall–Kier alpha value is -7.23. The van der Waals surface area contributed by atoms with Crippen LogP contribution >= 0.6 is 0 Å². The average molecular weight is 703 g/mol. The minimum Gasteiger partial charge on any atom is -0.456 e. The van der Waals surface area contributed by atoms with Crippen LogP contribution in [0.25, 0.3) is 65.7 Å². The number of anilines is 3. The van der Waals surface area contributed by atoms with Crippen molar-refractivity contribution in [3.8, 4) is 22.3 Å². The van der Waals surface area contributed by atoms with Gasteiger partial charge >= 0.3 is 0 Å². The molecule has 0 aliphatic carbocycles. The fraction of sp³-hybridized carbons (Fsp3) is 0.0192. The van der Waals surface area contributed by atoms with Gasteiger partial charge in [0.2, 0.25) is 0 Å². The number of hydrogen-bond acceptors (Lipinski definition) is 3. The van der Waals surface area contributed by atoms with Crippen LogP contribution in [0.3, 0.4) is 0 Å². The molecule has 0 N–H and O–H groups in total. The van der Waals surface area contributed by atoms with Crippen LogP contribution in [0.1, 0.15) is 11.1 Å². The molecule has 11 rings (SSSR count). The first-order valence-corrected chi connectivity index (χ1v) is 18.8. The van der Waals surface area contributed by atoms with Gasteiger partial charge in [-0.25, -0.2) is 0 Å². The number of para-hydroxylation sites is 2. The first kappa shape index (κ1) is 31.3. The van der Waals surface area contributed by atoms with Crippen LogP contribution < -0.4 is 4.90 Å².